The fraction of sp³-hybridized carbons (Fsp3) is 0.0545. The van der Waals surface area contributed by atoms with Crippen LogP contribution in [-0.2, 0) is 5.41 Å². The maximum atomic E-state index is 2.45. The highest BCUT2D eigenvalue weighted by atomic mass is 15.1. The zero-order valence-corrected chi connectivity index (χ0v) is 31.7. The van der Waals surface area contributed by atoms with E-state index in [-0.39, 0.29) is 5.41 Å². The molecule has 266 valence electrons. The van der Waals surface area contributed by atoms with E-state index in [0.29, 0.717) is 0 Å². The number of hydrogen-bond acceptors (Lipinski definition) is 1. The molecule has 0 saturated carbocycles. The van der Waals surface area contributed by atoms with Gasteiger partial charge in [0.25, 0.3) is 0 Å². The summed E-state index contributed by atoms with van der Waals surface area (Å²) in [7, 11) is 0. The second-order valence-electron chi connectivity index (χ2n) is 15.3. The number of benzene rings is 9. The molecule has 0 bridgehead atoms. The van der Waals surface area contributed by atoms with E-state index < -0.39 is 0 Å². The van der Waals surface area contributed by atoms with Crippen molar-refractivity contribution in [2.45, 2.75) is 19.3 Å². The van der Waals surface area contributed by atoms with E-state index in [1.54, 1.807) is 0 Å². The molecule has 0 amide bonds. The minimum absolute atomic E-state index is 0.120. The van der Waals surface area contributed by atoms with Crippen molar-refractivity contribution >= 4 is 27.8 Å². The van der Waals surface area contributed by atoms with Gasteiger partial charge in [0.1, 0.15) is 0 Å². The number of hydrogen-bond donors (Lipinski definition) is 0. The van der Waals surface area contributed by atoms with E-state index >= 15 is 0 Å². The summed E-state index contributed by atoms with van der Waals surface area (Å²) in [6.07, 6.45) is 0. The van der Waals surface area contributed by atoms with Gasteiger partial charge in [0, 0.05) is 22.4 Å². The number of para-hydroxylation sites is 1. The molecule has 1 heteroatoms. The van der Waals surface area contributed by atoms with E-state index in [1.807, 2.05) is 0 Å². The Labute approximate surface area is 329 Å². The topological polar surface area (TPSA) is 3.24 Å². The van der Waals surface area contributed by atoms with Crippen LogP contribution in [0.5, 0.6) is 0 Å². The third-order valence-electron chi connectivity index (χ3n) is 11.7. The summed E-state index contributed by atoms with van der Waals surface area (Å²) in [5.41, 5.74) is 18.3. The summed E-state index contributed by atoms with van der Waals surface area (Å²) >= 11 is 0. The monoisotopic (exact) mass is 715 g/mol. The van der Waals surface area contributed by atoms with E-state index in [0.717, 1.165) is 17.1 Å². The second kappa shape index (κ2) is 13.7. The van der Waals surface area contributed by atoms with Crippen LogP contribution >= 0.6 is 0 Å². The highest BCUT2D eigenvalue weighted by Crippen LogP contribution is 2.51. The van der Waals surface area contributed by atoms with Gasteiger partial charge in [0.05, 0.1) is 5.69 Å². The molecule has 0 N–H and O–H groups in total. The summed E-state index contributed by atoms with van der Waals surface area (Å²) in [6, 6.07) is 77.6. The highest BCUT2D eigenvalue weighted by Gasteiger charge is 2.36. The molecule has 0 unspecified atom stereocenters. The van der Waals surface area contributed by atoms with Crippen LogP contribution in [-0.4, -0.2) is 0 Å². The molecule has 0 fully saturated rings. The summed E-state index contributed by atoms with van der Waals surface area (Å²) in [5.74, 6) is 0. The van der Waals surface area contributed by atoms with E-state index in [4.69, 9.17) is 0 Å². The van der Waals surface area contributed by atoms with Crippen molar-refractivity contribution in [2.24, 2.45) is 0 Å². The average molecular weight is 716 g/mol. The number of fused-ring (bicyclic) bond motifs is 4. The van der Waals surface area contributed by atoms with E-state index in [9.17, 15) is 0 Å². The fourth-order valence-corrected chi connectivity index (χ4v) is 8.90. The van der Waals surface area contributed by atoms with Crippen LogP contribution in [0.4, 0.5) is 17.1 Å². The van der Waals surface area contributed by atoms with Gasteiger partial charge in [-0.2, -0.15) is 0 Å². The molecular weight excluding hydrogens is 675 g/mol. The molecule has 0 saturated heterocycles. The molecule has 9 aromatic rings. The van der Waals surface area contributed by atoms with Gasteiger partial charge in [-0.3, -0.25) is 0 Å². The lowest BCUT2D eigenvalue weighted by Crippen LogP contribution is -2.16. The van der Waals surface area contributed by atoms with Gasteiger partial charge in [0.15, 0.2) is 0 Å². The maximum absolute atomic E-state index is 2.45. The summed E-state index contributed by atoms with van der Waals surface area (Å²) in [5, 5.41) is 2.51. The third-order valence-corrected chi connectivity index (χ3v) is 11.7. The quantitative estimate of drug-likeness (QED) is 0.159. The molecule has 10 rings (SSSR count). The molecule has 9 aromatic carbocycles. The molecular formula is C55H41N. The highest BCUT2D eigenvalue weighted by molar-refractivity contribution is 5.98. The number of anilines is 3. The van der Waals surface area contributed by atoms with Crippen molar-refractivity contribution < 1.29 is 0 Å². The van der Waals surface area contributed by atoms with Crippen molar-refractivity contribution in [1.29, 1.82) is 0 Å². The summed E-state index contributed by atoms with van der Waals surface area (Å²) in [6.45, 7) is 4.72. The van der Waals surface area contributed by atoms with Gasteiger partial charge in [-0.25, -0.2) is 0 Å². The Kier molecular flexibility index (Phi) is 8.23. The Morgan fingerprint density at radius 1 is 0.321 bits per heavy atom. The van der Waals surface area contributed by atoms with Gasteiger partial charge in [-0.15, -0.1) is 0 Å². The van der Waals surface area contributed by atoms with E-state index in [1.165, 1.54) is 77.5 Å². The van der Waals surface area contributed by atoms with Crippen LogP contribution in [0.25, 0.3) is 66.4 Å². The Morgan fingerprint density at radius 2 is 0.839 bits per heavy atom. The maximum Gasteiger partial charge on any atom is 0.0540 e. The summed E-state index contributed by atoms with van der Waals surface area (Å²) in [4.78, 5) is 2.45. The SMILES string of the molecule is CC1(C)c2ccccc2-c2ccc(N(c3ccc(-c4ccccc4-c4ccccc4)cc3)c3ccccc3-c3cccc(-c4cccc5ccccc45)c3)cc21. The lowest BCUT2D eigenvalue weighted by atomic mass is 9.82. The molecule has 1 aliphatic carbocycles. The van der Waals surface area contributed by atoms with Gasteiger partial charge in [-0.1, -0.05) is 190 Å². The first-order chi connectivity index (χ1) is 27.5. The Hall–Kier alpha value is -6.96. The summed E-state index contributed by atoms with van der Waals surface area (Å²) < 4.78 is 0. The Balaban J connectivity index is 1.13. The van der Waals surface area contributed by atoms with Crippen LogP contribution < -0.4 is 4.90 Å². The predicted octanol–water partition coefficient (Wildman–Crippen LogP) is 15.3. The zero-order chi connectivity index (χ0) is 37.6. The van der Waals surface area contributed by atoms with Crippen LogP contribution in [0.3, 0.4) is 0 Å². The van der Waals surface area contributed by atoms with E-state index in [2.05, 4.69) is 231 Å². The molecule has 0 radical (unpaired) electrons. The molecule has 0 aliphatic heterocycles. The molecule has 1 nitrogen and oxygen atoms in total. The van der Waals surface area contributed by atoms with Crippen molar-refractivity contribution in [1.82, 2.24) is 0 Å². The lowest BCUT2D eigenvalue weighted by Gasteiger charge is -2.30. The van der Waals surface area contributed by atoms with Crippen LogP contribution in [0.2, 0.25) is 0 Å². The predicted molar refractivity (Wildman–Crippen MR) is 238 cm³/mol. The normalized spacial score (nSPS) is 12.6. The smallest absolute Gasteiger partial charge is 0.0540 e. The first kappa shape index (κ1) is 33.6. The van der Waals surface area contributed by atoms with Crippen molar-refractivity contribution in [3.63, 3.8) is 0 Å². The van der Waals surface area contributed by atoms with Gasteiger partial charge in [-0.05, 0) is 108 Å². The van der Waals surface area contributed by atoms with Crippen molar-refractivity contribution in [3.05, 3.63) is 223 Å². The zero-order valence-electron chi connectivity index (χ0n) is 31.7. The van der Waals surface area contributed by atoms with Gasteiger partial charge in [0.2, 0.25) is 0 Å². The third kappa shape index (κ3) is 5.72. The molecule has 0 heterocycles. The Morgan fingerprint density at radius 3 is 1.62 bits per heavy atom. The largest absolute Gasteiger partial charge is 0.310 e. The first-order valence-corrected chi connectivity index (χ1v) is 19.5. The minimum Gasteiger partial charge on any atom is -0.310 e. The molecule has 0 aromatic heterocycles. The molecule has 0 atom stereocenters. The number of nitrogens with zero attached hydrogens (tertiary/aromatic N) is 1. The first-order valence-electron chi connectivity index (χ1n) is 19.5. The van der Waals surface area contributed by atoms with Gasteiger partial charge < -0.3 is 4.90 Å². The number of rotatable bonds is 7. The van der Waals surface area contributed by atoms with Crippen molar-refractivity contribution in [2.75, 3.05) is 4.90 Å². The molecule has 0 spiro atoms. The van der Waals surface area contributed by atoms with Crippen LogP contribution in [0.15, 0.2) is 212 Å². The minimum atomic E-state index is -0.120. The molecule has 56 heavy (non-hydrogen) atoms. The van der Waals surface area contributed by atoms with Gasteiger partial charge >= 0.3 is 0 Å². The fourth-order valence-electron chi connectivity index (χ4n) is 8.90. The second-order valence-corrected chi connectivity index (χ2v) is 15.3. The van der Waals surface area contributed by atoms with Crippen LogP contribution in [0.1, 0.15) is 25.0 Å². The average Bonchev–Trinajstić information content (AvgIpc) is 3.49. The Bertz CT molecular complexity index is 2880. The van der Waals surface area contributed by atoms with Crippen molar-refractivity contribution in [3.8, 4) is 55.6 Å². The lowest BCUT2D eigenvalue weighted by molar-refractivity contribution is 0.660. The standard InChI is InChI=1S/C55H41N/c1-55(2)52-28-12-10-26-50(52)51-35-34-44(37-53(51)55)56(43-32-30-40(31-33-43)47-24-9-8-23-45(47)38-16-4-3-5-17-38)54-29-13-11-25-49(54)42-21-14-20-41(36-42)48-27-15-19-39-18-6-7-22-46(39)48/h3-37H,1-2H3. The molecule has 1 aliphatic rings. The van der Waals surface area contributed by atoms with Crippen LogP contribution in [0, 0.1) is 0 Å².